The Morgan fingerprint density at radius 3 is 2.58 bits per heavy atom. The molecular weight excluding hydrogens is 371 g/mol. The van der Waals surface area contributed by atoms with E-state index in [0.717, 1.165) is 15.2 Å². The Labute approximate surface area is 128 Å². The molecule has 0 radical (unpaired) electrons. The summed E-state index contributed by atoms with van der Waals surface area (Å²) < 4.78 is 3.46. The van der Waals surface area contributed by atoms with E-state index in [1.54, 1.807) is 11.8 Å². The molecule has 1 heterocycles. The van der Waals surface area contributed by atoms with Gasteiger partial charge in [-0.3, -0.25) is 0 Å². The van der Waals surface area contributed by atoms with E-state index in [9.17, 15) is 0 Å². The second kappa shape index (κ2) is 7.04. The molecule has 0 spiro atoms. The molecule has 1 aromatic carbocycles. The van der Waals surface area contributed by atoms with Crippen LogP contribution in [0.4, 0.5) is 11.4 Å². The summed E-state index contributed by atoms with van der Waals surface area (Å²) in [5.41, 5.74) is 2.08. The van der Waals surface area contributed by atoms with E-state index in [0.29, 0.717) is 0 Å². The van der Waals surface area contributed by atoms with Crippen molar-refractivity contribution < 1.29 is 0 Å². The molecule has 0 saturated carbocycles. The zero-order valence-corrected chi connectivity index (χ0v) is 14.2. The molecular formula is C13H17IN4S. The Bertz CT molecular complexity index is 508. The van der Waals surface area contributed by atoms with Crippen molar-refractivity contribution in [3.05, 3.63) is 35.9 Å². The first-order valence-corrected chi connectivity index (χ1v) is 8.92. The van der Waals surface area contributed by atoms with Crippen LogP contribution in [0.25, 0.3) is 0 Å². The van der Waals surface area contributed by atoms with Crippen LogP contribution >= 0.6 is 32.8 Å². The average Bonchev–Trinajstić information content (AvgIpc) is 2.46. The van der Waals surface area contributed by atoms with Crippen molar-refractivity contribution in [1.29, 1.82) is 0 Å². The van der Waals surface area contributed by atoms with Gasteiger partial charge in [0.1, 0.15) is 0 Å². The lowest BCUT2D eigenvalue weighted by molar-refractivity contribution is 0.709. The fourth-order valence-corrected chi connectivity index (χ4v) is 4.85. The lowest BCUT2D eigenvalue weighted by Crippen LogP contribution is -2.07. The molecule has 4 nitrogen and oxygen atoms in total. The Kier molecular flexibility index (Phi) is 5.38. The van der Waals surface area contributed by atoms with Crippen LogP contribution in [-0.2, 0) is 0 Å². The first-order chi connectivity index (χ1) is 9.19. The van der Waals surface area contributed by atoms with Gasteiger partial charge in [-0.25, -0.2) is 0 Å². The van der Waals surface area contributed by atoms with Crippen LogP contribution in [0.15, 0.2) is 46.1 Å². The maximum atomic E-state index is 4.37. The Morgan fingerprint density at radius 1 is 1.21 bits per heavy atom. The smallest absolute Gasteiger partial charge is 0.172 e. The molecule has 0 unspecified atom stereocenters. The van der Waals surface area contributed by atoms with Crippen molar-refractivity contribution in [3.8, 4) is 0 Å². The zero-order valence-electron chi connectivity index (χ0n) is 11.2. The molecule has 6 heteroatoms. The van der Waals surface area contributed by atoms with Crippen LogP contribution < -0.4 is 4.90 Å². The highest BCUT2D eigenvalue weighted by Crippen LogP contribution is 2.27. The molecule has 0 saturated heterocycles. The third kappa shape index (κ3) is 4.31. The Balaban J connectivity index is 2.04. The van der Waals surface area contributed by atoms with E-state index in [1.807, 2.05) is 26.2 Å². The number of rotatable bonds is 4. The van der Waals surface area contributed by atoms with Crippen molar-refractivity contribution in [3.63, 3.8) is 0 Å². The highest BCUT2D eigenvalue weighted by atomic mass is 127. The third-order valence-electron chi connectivity index (χ3n) is 2.48. The van der Waals surface area contributed by atoms with Crippen molar-refractivity contribution >= 4 is 47.1 Å². The van der Waals surface area contributed by atoms with Gasteiger partial charge in [-0.05, 0) is 36.6 Å². The van der Waals surface area contributed by atoms with Crippen LogP contribution in [0.2, 0.25) is 0 Å². The molecule has 0 amide bonds. The number of hydrogen-bond acceptors (Lipinski definition) is 5. The SMILES string of the molecule is CCN1C=CSC(N=Nc2ccc(N(C)C)cc2)=I1. The summed E-state index contributed by atoms with van der Waals surface area (Å²) in [5, 5.41) is 10.8. The van der Waals surface area contributed by atoms with Gasteiger partial charge in [0.05, 0.1) is 5.69 Å². The molecule has 1 aliphatic heterocycles. The Hall–Kier alpha value is -0.890. The van der Waals surface area contributed by atoms with Gasteiger partial charge >= 0.3 is 0 Å². The normalized spacial score (nSPS) is 15.3. The minimum atomic E-state index is -0.175. The predicted octanol–water partition coefficient (Wildman–Crippen LogP) is 4.35. The number of nitrogens with zero attached hydrogens (tertiary/aromatic N) is 4. The maximum Gasteiger partial charge on any atom is 0.172 e. The fourth-order valence-electron chi connectivity index (χ4n) is 1.41. The standard InChI is InChI=1S/C13H17IN4S/c1-4-18-9-10-19-13(14-18)16-15-11-5-7-12(8-6-11)17(2)3/h5-10H,4H2,1-3H3. The first-order valence-electron chi connectivity index (χ1n) is 6.00. The summed E-state index contributed by atoms with van der Waals surface area (Å²) in [6, 6.07) is 8.11. The second-order valence-corrected chi connectivity index (χ2v) is 8.44. The molecule has 19 heavy (non-hydrogen) atoms. The third-order valence-corrected chi connectivity index (χ3v) is 6.49. The molecule has 0 N–H and O–H groups in total. The Morgan fingerprint density at radius 2 is 1.95 bits per heavy atom. The van der Waals surface area contributed by atoms with Crippen LogP contribution in [-0.4, -0.2) is 26.7 Å². The largest absolute Gasteiger partial charge is 0.378 e. The fraction of sp³-hybridized carbons (Fsp3) is 0.308. The number of azo groups is 1. The quantitative estimate of drug-likeness (QED) is 0.437. The average molecular weight is 388 g/mol. The van der Waals surface area contributed by atoms with Gasteiger partial charge in [0.25, 0.3) is 0 Å². The van der Waals surface area contributed by atoms with E-state index < -0.39 is 0 Å². The number of halogens is 1. The summed E-state index contributed by atoms with van der Waals surface area (Å²) in [6.45, 7) is 3.20. The summed E-state index contributed by atoms with van der Waals surface area (Å²) in [4.78, 5) is 2.07. The van der Waals surface area contributed by atoms with Gasteiger partial charge in [-0.2, -0.15) is 0 Å². The minimum absolute atomic E-state index is 0.175. The monoisotopic (exact) mass is 388 g/mol. The van der Waals surface area contributed by atoms with E-state index in [-0.39, 0.29) is 21.0 Å². The second-order valence-electron chi connectivity index (χ2n) is 4.07. The van der Waals surface area contributed by atoms with Gasteiger partial charge in [0.15, 0.2) is 2.96 Å². The molecule has 1 aliphatic rings. The molecule has 0 aliphatic carbocycles. The predicted molar refractivity (Wildman–Crippen MR) is 93.4 cm³/mol. The minimum Gasteiger partial charge on any atom is -0.378 e. The highest BCUT2D eigenvalue weighted by molar-refractivity contribution is 14.2. The number of anilines is 1. The van der Waals surface area contributed by atoms with Crippen molar-refractivity contribution in [2.45, 2.75) is 6.92 Å². The highest BCUT2D eigenvalue weighted by Gasteiger charge is 2.04. The van der Waals surface area contributed by atoms with Gasteiger partial charge < -0.3 is 8.01 Å². The van der Waals surface area contributed by atoms with Crippen molar-refractivity contribution in [2.24, 2.45) is 10.2 Å². The summed E-state index contributed by atoms with van der Waals surface area (Å²) in [6.07, 6.45) is 2.14. The summed E-state index contributed by atoms with van der Waals surface area (Å²) in [7, 11) is 4.06. The summed E-state index contributed by atoms with van der Waals surface area (Å²) >= 11 is 1.51. The topological polar surface area (TPSA) is 31.2 Å². The molecule has 0 aromatic heterocycles. The van der Waals surface area contributed by atoms with Crippen LogP contribution in [0.3, 0.4) is 0 Å². The lowest BCUT2D eigenvalue weighted by Gasteiger charge is -2.14. The lowest BCUT2D eigenvalue weighted by atomic mass is 10.3. The zero-order chi connectivity index (χ0) is 13.7. The van der Waals surface area contributed by atoms with E-state index in [1.165, 1.54) is 5.69 Å². The van der Waals surface area contributed by atoms with Gasteiger partial charge in [-0.15, -0.1) is 10.2 Å². The molecule has 0 fully saturated rings. The van der Waals surface area contributed by atoms with Gasteiger partial charge in [0, 0.05) is 53.5 Å². The van der Waals surface area contributed by atoms with Gasteiger partial charge in [-0.1, -0.05) is 11.8 Å². The molecule has 0 bridgehead atoms. The van der Waals surface area contributed by atoms with Crippen LogP contribution in [0.5, 0.6) is 0 Å². The molecule has 1 aromatic rings. The van der Waals surface area contributed by atoms with Crippen LogP contribution in [0, 0.1) is 0 Å². The number of benzene rings is 1. The van der Waals surface area contributed by atoms with E-state index in [4.69, 9.17) is 0 Å². The van der Waals surface area contributed by atoms with Gasteiger partial charge in [0.2, 0.25) is 0 Å². The van der Waals surface area contributed by atoms with E-state index >= 15 is 0 Å². The molecule has 102 valence electrons. The first kappa shape index (κ1) is 14.5. The molecule has 2 rings (SSSR count). The maximum absolute atomic E-state index is 4.37. The number of hydrogen-bond donors (Lipinski definition) is 0. The van der Waals surface area contributed by atoms with Crippen molar-refractivity contribution in [2.75, 3.05) is 25.5 Å². The summed E-state index contributed by atoms with van der Waals surface area (Å²) in [5.74, 6) is 0. The number of thioether (sulfide) groups is 1. The van der Waals surface area contributed by atoms with E-state index in [2.05, 4.69) is 48.9 Å². The van der Waals surface area contributed by atoms with Crippen molar-refractivity contribution in [1.82, 2.24) is 3.11 Å². The van der Waals surface area contributed by atoms with Crippen LogP contribution in [0.1, 0.15) is 6.92 Å². The molecule has 0 atom stereocenters.